The molecule has 0 aliphatic carbocycles. The molecule has 4 nitrogen and oxygen atoms in total. The van der Waals surface area contributed by atoms with Crippen LogP contribution in [0.25, 0.3) is 0 Å². The molecule has 0 saturated carbocycles. The number of benzene rings is 2. The number of rotatable bonds is 3. The maximum Gasteiger partial charge on any atom is 0.236 e. The lowest BCUT2D eigenvalue weighted by Gasteiger charge is -2.17. The first-order valence-corrected chi connectivity index (χ1v) is 7.29. The summed E-state index contributed by atoms with van der Waals surface area (Å²) in [6, 6.07) is 8.95. The molecule has 0 atom stereocenters. The molecule has 0 unspecified atom stereocenters. The first-order valence-electron chi connectivity index (χ1n) is 7.29. The average molecular weight is 334 g/mol. The number of para-hydroxylation sites is 1. The van der Waals surface area contributed by atoms with Crippen molar-refractivity contribution in [1.82, 2.24) is 0 Å². The number of halogens is 3. The fourth-order valence-electron chi connectivity index (χ4n) is 2.65. The predicted molar refractivity (Wildman–Crippen MR) is 82.1 cm³/mol. The minimum Gasteiger partial charge on any atom is -0.323 e. The van der Waals surface area contributed by atoms with Gasteiger partial charge in [-0.05, 0) is 30.2 Å². The number of nitrogens with zero attached hydrogens (tertiary/aromatic N) is 1. The van der Waals surface area contributed by atoms with E-state index >= 15 is 0 Å². The van der Waals surface area contributed by atoms with Crippen LogP contribution in [0.3, 0.4) is 0 Å². The van der Waals surface area contributed by atoms with E-state index in [1.54, 1.807) is 12.1 Å². The third kappa shape index (κ3) is 2.97. The molecule has 1 heterocycles. The Morgan fingerprint density at radius 3 is 2.58 bits per heavy atom. The van der Waals surface area contributed by atoms with Crippen molar-refractivity contribution < 1.29 is 22.8 Å². The van der Waals surface area contributed by atoms with Crippen LogP contribution in [0.4, 0.5) is 24.5 Å². The maximum atomic E-state index is 13.5. The van der Waals surface area contributed by atoms with E-state index in [0.29, 0.717) is 19.0 Å². The highest BCUT2D eigenvalue weighted by molar-refractivity contribution is 6.09. The lowest BCUT2D eigenvalue weighted by molar-refractivity contribution is -0.125. The quantitative estimate of drug-likeness (QED) is 0.693. The van der Waals surface area contributed by atoms with E-state index < -0.39 is 41.4 Å². The van der Waals surface area contributed by atoms with Gasteiger partial charge >= 0.3 is 0 Å². The van der Waals surface area contributed by atoms with Gasteiger partial charge in [-0.2, -0.15) is 0 Å². The van der Waals surface area contributed by atoms with E-state index in [4.69, 9.17) is 0 Å². The molecular weight excluding hydrogens is 321 g/mol. The largest absolute Gasteiger partial charge is 0.323 e. The maximum absolute atomic E-state index is 13.5. The molecule has 2 aromatic rings. The number of amides is 2. The number of fused-ring (bicyclic) bond motifs is 1. The highest BCUT2D eigenvalue weighted by atomic mass is 19.2. The van der Waals surface area contributed by atoms with Gasteiger partial charge in [-0.3, -0.25) is 9.59 Å². The van der Waals surface area contributed by atoms with E-state index in [1.807, 2.05) is 12.1 Å². The number of carbonyl (C=O) groups is 2. The van der Waals surface area contributed by atoms with Gasteiger partial charge < -0.3 is 10.2 Å². The number of nitrogens with one attached hydrogen (secondary N) is 1. The van der Waals surface area contributed by atoms with E-state index in [0.717, 1.165) is 17.3 Å². The van der Waals surface area contributed by atoms with Gasteiger partial charge in [0.1, 0.15) is 6.42 Å². The normalized spacial score (nSPS) is 12.9. The molecule has 7 heteroatoms. The van der Waals surface area contributed by atoms with Crippen molar-refractivity contribution in [1.29, 1.82) is 0 Å². The van der Waals surface area contributed by atoms with Crippen LogP contribution in [-0.4, -0.2) is 18.4 Å². The van der Waals surface area contributed by atoms with Gasteiger partial charge in [-0.25, -0.2) is 13.2 Å². The summed E-state index contributed by atoms with van der Waals surface area (Å²) in [5.41, 5.74) is 1.25. The molecule has 0 saturated heterocycles. The van der Waals surface area contributed by atoms with Gasteiger partial charge in [0, 0.05) is 12.2 Å². The minimum atomic E-state index is -1.67. The second kappa shape index (κ2) is 6.35. The van der Waals surface area contributed by atoms with E-state index in [9.17, 15) is 22.8 Å². The Balaban J connectivity index is 1.68. The molecule has 0 aromatic heterocycles. The molecule has 0 radical (unpaired) electrons. The van der Waals surface area contributed by atoms with Crippen molar-refractivity contribution in [3.8, 4) is 0 Å². The molecule has 1 aliphatic heterocycles. The minimum absolute atomic E-state index is 0.444. The fourth-order valence-corrected chi connectivity index (χ4v) is 2.65. The average Bonchev–Trinajstić information content (AvgIpc) is 2.99. The topological polar surface area (TPSA) is 49.4 Å². The van der Waals surface area contributed by atoms with Crippen molar-refractivity contribution in [2.24, 2.45) is 0 Å². The molecule has 2 amide bonds. The van der Waals surface area contributed by atoms with Crippen LogP contribution in [0.15, 0.2) is 36.4 Å². The molecule has 1 N–H and O–H groups in total. The molecule has 0 spiro atoms. The van der Waals surface area contributed by atoms with Crippen LogP contribution in [0.5, 0.6) is 0 Å². The Kier molecular flexibility index (Phi) is 4.24. The van der Waals surface area contributed by atoms with Gasteiger partial charge in [0.25, 0.3) is 0 Å². The summed E-state index contributed by atoms with van der Waals surface area (Å²) in [6.45, 7) is 0.463. The SMILES string of the molecule is O=C(CC(=O)N1CCc2ccccc21)Nc1ccc(F)c(F)c1F. The monoisotopic (exact) mass is 334 g/mol. The number of anilines is 2. The lowest BCUT2D eigenvalue weighted by atomic mass is 10.2. The Morgan fingerprint density at radius 2 is 1.79 bits per heavy atom. The van der Waals surface area contributed by atoms with Gasteiger partial charge in [-0.15, -0.1) is 0 Å². The van der Waals surface area contributed by atoms with Crippen LogP contribution < -0.4 is 10.2 Å². The zero-order chi connectivity index (χ0) is 17.3. The number of hydrogen-bond acceptors (Lipinski definition) is 2. The second-order valence-electron chi connectivity index (χ2n) is 5.37. The highest BCUT2D eigenvalue weighted by Gasteiger charge is 2.26. The van der Waals surface area contributed by atoms with Crippen LogP contribution in [0.1, 0.15) is 12.0 Å². The van der Waals surface area contributed by atoms with E-state index in [1.165, 1.54) is 4.90 Å². The van der Waals surface area contributed by atoms with Crippen molar-refractivity contribution in [2.45, 2.75) is 12.8 Å². The van der Waals surface area contributed by atoms with Crippen LogP contribution >= 0.6 is 0 Å². The Morgan fingerprint density at radius 1 is 1.04 bits per heavy atom. The fraction of sp³-hybridized carbons (Fsp3) is 0.176. The standard InChI is InChI=1S/C17H13F3N2O2/c18-11-5-6-12(17(20)16(11)19)21-14(23)9-15(24)22-8-7-10-3-1-2-4-13(10)22/h1-6H,7-9H2,(H,21,23). The van der Waals surface area contributed by atoms with Crippen LogP contribution in [-0.2, 0) is 16.0 Å². The van der Waals surface area contributed by atoms with Crippen LogP contribution in [0.2, 0.25) is 0 Å². The summed E-state index contributed by atoms with van der Waals surface area (Å²) < 4.78 is 39.5. The third-order valence-electron chi connectivity index (χ3n) is 3.81. The molecule has 0 fully saturated rings. The van der Waals surface area contributed by atoms with Crippen LogP contribution in [0, 0.1) is 17.5 Å². The summed E-state index contributed by atoms with van der Waals surface area (Å²) in [7, 11) is 0. The Labute approximate surface area is 135 Å². The zero-order valence-corrected chi connectivity index (χ0v) is 12.5. The summed E-state index contributed by atoms with van der Waals surface area (Å²) in [5.74, 6) is -5.76. The molecule has 1 aliphatic rings. The van der Waals surface area contributed by atoms with E-state index in [-0.39, 0.29) is 0 Å². The van der Waals surface area contributed by atoms with Gasteiger partial charge in [0.15, 0.2) is 17.5 Å². The Hall–Kier alpha value is -2.83. The van der Waals surface area contributed by atoms with Crippen molar-refractivity contribution in [3.63, 3.8) is 0 Å². The van der Waals surface area contributed by atoms with Gasteiger partial charge in [0.2, 0.25) is 11.8 Å². The number of hydrogen-bond donors (Lipinski definition) is 1. The lowest BCUT2D eigenvalue weighted by Crippen LogP contribution is -2.32. The Bertz CT molecular complexity index is 823. The summed E-state index contributed by atoms with van der Waals surface area (Å²) in [6.07, 6.45) is 0.175. The molecular formula is C17H13F3N2O2. The van der Waals surface area contributed by atoms with Crippen molar-refractivity contribution in [3.05, 3.63) is 59.4 Å². The summed E-state index contributed by atoms with van der Waals surface area (Å²) >= 11 is 0. The van der Waals surface area contributed by atoms with Gasteiger partial charge in [0.05, 0.1) is 5.69 Å². The van der Waals surface area contributed by atoms with Gasteiger partial charge in [-0.1, -0.05) is 18.2 Å². The molecule has 0 bridgehead atoms. The van der Waals surface area contributed by atoms with Crippen molar-refractivity contribution >= 4 is 23.2 Å². The zero-order valence-electron chi connectivity index (χ0n) is 12.5. The molecule has 2 aromatic carbocycles. The number of carbonyl (C=O) groups excluding carboxylic acids is 2. The predicted octanol–water partition coefficient (Wildman–Crippen LogP) is 3.02. The summed E-state index contributed by atoms with van der Waals surface area (Å²) in [4.78, 5) is 25.6. The molecule has 124 valence electrons. The molecule has 24 heavy (non-hydrogen) atoms. The first-order chi connectivity index (χ1) is 11.5. The highest BCUT2D eigenvalue weighted by Crippen LogP contribution is 2.28. The molecule has 3 rings (SSSR count). The smallest absolute Gasteiger partial charge is 0.236 e. The van der Waals surface area contributed by atoms with Crippen molar-refractivity contribution in [2.75, 3.05) is 16.8 Å². The first kappa shape index (κ1) is 16.0. The second-order valence-corrected chi connectivity index (χ2v) is 5.37. The third-order valence-corrected chi connectivity index (χ3v) is 3.81. The summed E-state index contributed by atoms with van der Waals surface area (Å²) in [5, 5.41) is 2.09. The van der Waals surface area contributed by atoms with E-state index in [2.05, 4.69) is 5.32 Å².